The van der Waals surface area contributed by atoms with Gasteiger partial charge in [0.05, 0.1) is 0 Å². The largest absolute Gasteiger partial charge is 0.449 e. The normalized spacial score (nSPS) is 11.7. The van der Waals surface area contributed by atoms with Gasteiger partial charge >= 0.3 is 5.97 Å². The lowest BCUT2D eigenvalue weighted by Crippen LogP contribution is -2.14. The Balaban J connectivity index is 2.37. The SMILES string of the molecule is C=C(C)C(=O)OC(c1ccc(F)cc1)c1ccc(N(C)C)cc1. The molecule has 1 unspecified atom stereocenters. The van der Waals surface area contributed by atoms with Crippen molar-refractivity contribution < 1.29 is 13.9 Å². The molecule has 2 aromatic rings. The van der Waals surface area contributed by atoms with E-state index in [2.05, 4.69) is 6.58 Å². The lowest BCUT2D eigenvalue weighted by molar-refractivity contribution is -0.142. The molecule has 2 rings (SSSR count). The number of rotatable bonds is 5. The lowest BCUT2D eigenvalue weighted by Gasteiger charge is -2.20. The second kappa shape index (κ2) is 7.09. The summed E-state index contributed by atoms with van der Waals surface area (Å²) in [5, 5.41) is 0. The van der Waals surface area contributed by atoms with Crippen molar-refractivity contribution >= 4 is 11.7 Å². The van der Waals surface area contributed by atoms with Gasteiger partial charge in [-0.2, -0.15) is 0 Å². The number of nitrogens with zero attached hydrogens (tertiary/aromatic N) is 1. The first-order chi connectivity index (χ1) is 10.9. The van der Waals surface area contributed by atoms with E-state index in [1.807, 2.05) is 43.3 Å². The maximum Gasteiger partial charge on any atom is 0.334 e. The second-order valence-corrected chi connectivity index (χ2v) is 5.60. The second-order valence-electron chi connectivity index (χ2n) is 5.60. The van der Waals surface area contributed by atoms with Gasteiger partial charge in [-0.25, -0.2) is 9.18 Å². The molecule has 0 aliphatic heterocycles. The van der Waals surface area contributed by atoms with E-state index < -0.39 is 12.1 Å². The first-order valence-corrected chi connectivity index (χ1v) is 7.27. The molecule has 0 N–H and O–H groups in total. The van der Waals surface area contributed by atoms with Crippen LogP contribution in [0.3, 0.4) is 0 Å². The predicted molar refractivity (Wildman–Crippen MR) is 89.9 cm³/mol. The van der Waals surface area contributed by atoms with Crippen molar-refractivity contribution in [1.29, 1.82) is 0 Å². The van der Waals surface area contributed by atoms with Crippen LogP contribution < -0.4 is 4.90 Å². The van der Waals surface area contributed by atoms with Crippen LogP contribution in [0.15, 0.2) is 60.7 Å². The third-order valence-corrected chi connectivity index (χ3v) is 3.46. The van der Waals surface area contributed by atoms with Crippen molar-refractivity contribution in [3.8, 4) is 0 Å². The molecule has 0 saturated carbocycles. The fraction of sp³-hybridized carbons (Fsp3) is 0.211. The smallest absolute Gasteiger partial charge is 0.334 e. The van der Waals surface area contributed by atoms with Gasteiger partial charge in [0.15, 0.2) is 6.10 Å². The van der Waals surface area contributed by atoms with E-state index in [1.165, 1.54) is 12.1 Å². The van der Waals surface area contributed by atoms with Gasteiger partial charge in [0.2, 0.25) is 0 Å². The minimum Gasteiger partial charge on any atom is -0.449 e. The summed E-state index contributed by atoms with van der Waals surface area (Å²) in [5.74, 6) is -0.808. The van der Waals surface area contributed by atoms with Gasteiger partial charge < -0.3 is 9.64 Å². The molecule has 0 spiro atoms. The fourth-order valence-electron chi connectivity index (χ4n) is 2.12. The highest BCUT2D eigenvalue weighted by Crippen LogP contribution is 2.28. The summed E-state index contributed by atoms with van der Waals surface area (Å²) in [6.07, 6.45) is -0.601. The molecule has 0 amide bonds. The van der Waals surface area contributed by atoms with E-state index in [0.29, 0.717) is 11.1 Å². The van der Waals surface area contributed by atoms with Gasteiger partial charge in [-0.15, -0.1) is 0 Å². The quantitative estimate of drug-likeness (QED) is 0.615. The third kappa shape index (κ3) is 4.19. The zero-order chi connectivity index (χ0) is 17.0. The van der Waals surface area contributed by atoms with Crippen molar-refractivity contribution in [1.82, 2.24) is 0 Å². The number of benzene rings is 2. The maximum atomic E-state index is 13.2. The van der Waals surface area contributed by atoms with Crippen LogP contribution in [0.5, 0.6) is 0 Å². The van der Waals surface area contributed by atoms with Crippen LogP contribution in [-0.4, -0.2) is 20.1 Å². The molecule has 0 bridgehead atoms. The van der Waals surface area contributed by atoms with Crippen LogP contribution in [0, 0.1) is 5.82 Å². The Kier molecular flexibility index (Phi) is 5.16. The van der Waals surface area contributed by atoms with Crippen LogP contribution in [0.2, 0.25) is 0 Å². The summed E-state index contributed by atoms with van der Waals surface area (Å²) in [7, 11) is 3.90. The van der Waals surface area contributed by atoms with Crippen LogP contribution >= 0.6 is 0 Å². The average molecular weight is 313 g/mol. The van der Waals surface area contributed by atoms with Gasteiger partial charge in [0.25, 0.3) is 0 Å². The molecule has 1 atom stereocenters. The molecular weight excluding hydrogens is 293 g/mol. The Hall–Kier alpha value is -2.62. The molecule has 0 aliphatic carbocycles. The zero-order valence-electron chi connectivity index (χ0n) is 13.5. The monoisotopic (exact) mass is 313 g/mol. The lowest BCUT2D eigenvalue weighted by atomic mass is 10.0. The molecule has 3 nitrogen and oxygen atoms in total. The third-order valence-electron chi connectivity index (χ3n) is 3.46. The predicted octanol–water partition coefficient (Wildman–Crippen LogP) is 4.10. The standard InChI is InChI=1S/C19H20FNO2/c1-13(2)19(22)23-18(14-5-9-16(20)10-6-14)15-7-11-17(12-8-15)21(3)4/h5-12,18H,1H2,2-4H3. The molecular formula is C19H20FNO2. The van der Waals surface area contributed by atoms with Gasteiger partial charge in [0, 0.05) is 25.4 Å². The van der Waals surface area contributed by atoms with Crippen LogP contribution in [0.1, 0.15) is 24.2 Å². The number of anilines is 1. The summed E-state index contributed by atoms with van der Waals surface area (Å²) in [4.78, 5) is 13.9. The highest BCUT2D eigenvalue weighted by Gasteiger charge is 2.19. The van der Waals surface area contributed by atoms with Crippen LogP contribution in [0.25, 0.3) is 0 Å². The molecule has 0 radical (unpaired) electrons. The minimum absolute atomic E-state index is 0.321. The molecule has 2 aromatic carbocycles. The van der Waals surface area contributed by atoms with Crippen molar-refractivity contribution in [2.45, 2.75) is 13.0 Å². The Bertz CT molecular complexity index is 690. The molecule has 23 heavy (non-hydrogen) atoms. The van der Waals surface area contributed by atoms with Gasteiger partial charge in [-0.3, -0.25) is 0 Å². The van der Waals surface area contributed by atoms with Crippen molar-refractivity contribution in [3.05, 3.63) is 77.6 Å². The molecule has 0 aliphatic rings. The van der Waals surface area contributed by atoms with Crippen molar-refractivity contribution in [3.63, 3.8) is 0 Å². The first kappa shape index (κ1) is 16.7. The summed E-state index contributed by atoms with van der Waals surface area (Å²) in [5.41, 5.74) is 2.88. The molecule has 0 fully saturated rings. The molecule has 0 heterocycles. The molecule has 120 valence electrons. The Morgan fingerprint density at radius 2 is 1.52 bits per heavy atom. The van der Waals surface area contributed by atoms with E-state index in [1.54, 1.807) is 19.1 Å². The number of carbonyl (C=O) groups excluding carboxylic acids is 1. The number of hydrogen-bond acceptors (Lipinski definition) is 3. The van der Waals surface area contributed by atoms with Crippen LogP contribution in [-0.2, 0) is 9.53 Å². The Morgan fingerprint density at radius 3 is 1.96 bits per heavy atom. The number of esters is 1. The van der Waals surface area contributed by atoms with Crippen LogP contribution in [0.4, 0.5) is 10.1 Å². The minimum atomic E-state index is -0.601. The van der Waals surface area contributed by atoms with Gasteiger partial charge in [-0.05, 0) is 42.3 Å². The molecule has 4 heteroatoms. The molecule has 0 aromatic heterocycles. The van der Waals surface area contributed by atoms with E-state index in [4.69, 9.17) is 4.74 Å². The van der Waals surface area contributed by atoms with E-state index in [0.717, 1.165) is 11.3 Å². The Morgan fingerprint density at radius 1 is 1.04 bits per heavy atom. The van der Waals surface area contributed by atoms with E-state index in [-0.39, 0.29) is 5.82 Å². The highest BCUT2D eigenvalue weighted by atomic mass is 19.1. The zero-order valence-corrected chi connectivity index (χ0v) is 13.5. The van der Waals surface area contributed by atoms with Crippen molar-refractivity contribution in [2.24, 2.45) is 0 Å². The summed E-state index contributed by atoms with van der Waals surface area (Å²) < 4.78 is 18.7. The topological polar surface area (TPSA) is 29.5 Å². The van der Waals surface area contributed by atoms with Gasteiger partial charge in [-0.1, -0.05) is 30.8 Å². The Labute approximate surface area is 136 Å². The van der Waals surface area contributed by atoms with Crippen molar-refractivity contribution in [2.75, 3.05) is 19.0 Å². The molecule has 0 saturated heterocycles. The number of ether oxygens (including phenoxy) is 1. The summed E-state index contributed by atoms with van der Waals surface area (Å²) in [6, 6.07) is 13.6. The van der Waals surface area contributed by atoms with Gasteiger partial charge in [0.1, 0.15) is 5.82 Å². The summed E-state index contributed by atoms with van der Waals surface area (Å²) >= 11 is 0. The number of hydrogen-bond donors (Lipinski definition) is 0. The fourth-order valence-corrected chi connectivity index (χ4v) is 2.12. The number of carbonyl (C=O) groups is 1. The number of halogens is 1. The maximum absolute atomic E-state index is 13.2. The van der Waals surface area contributed by atoms with E-state index >= 15 is 0 Å². The summed E-state index contributed by atoms with van der Waals surface area (Å²) in [6.45, 7) is 5.20. The highest BCUT2D eigenvalue weighted by molar-refractivity contribution is 5.87. The van der Waals surface area contributed by atoms with E-state index in [9.17, 15) is 9.18 Å². The first-order valence-electron chi connectivity index (χ1n) is 7.27. The average Bonchev–Trinajstić information content (AvgIpc) is 2.53.